The van der Waals surface area contributed by atoms with Crippen LogP contribution in [0.1, 0.15) is 15.9 Å². The lowest BCUT2D eigenvalue weighted by Crippen LogP contribution is -1.95. The first-order valence-corrected chi connectivity index (χ1v) is 6.80. The highest BCUT2D eigenvalue weighted by atomic mass is 19.1. The summed E-state index contributed by atoms with van der Waals surface area (Å²) in [6.07, 6.45) is 2.35. The van der Waals surface area contributed by atoms with E-state index in [0.717, 1.165) is 22.9 Å². The zero-order chi connectivity index (χ0) is 15.5. The summed E-state index contributed by atoms with van der Waals surface area (Å²) in [6, 6.07) is 16.6. The molecule has 0 saturated carbocycles. The van der Waals surface area contributed by atoms with Crippen molar-refractivity contribution in [2.75, 3.05) is 0 Å². The molecule has 3 aromatic rings. The van der Waals surface area contributed by atoms with Gasteiger partial charge in [0, 0.05) is 11.1 Å². The van der Waals surface area contributed by atoms with Gasteiger partial charge in [-0.15, -0.1) is 0 Å². The van der Waals surface area contributed by atoms with E-state index >= 15 is 0 Å². The van der Waals surface area contributed by atoms with Crippen LogP contribution in [-0.4, -0.2) is 5.78 Å². The van der Waals surface area contributed by atoms with Crippen LogP contribution >= 0.6 is 0 Å². The van der Waals surface area contributed by atoms with Gasteiger partial charge in [0.2, 0.25) is 0 Å². The number of hydrogen-bond acceptors (Lipinski definition) is 1. The molecule has 0 aromatic heterocycles. The maximum atomic E-state index is 13.5. The SMILES string of the molecule is O=C(/C=C/c1c(F)cccc1F)c1ccc2ccccc2c1. The van der Waals surface area contributed by atoms with Gasteiger partial charge >= 0.3 is 0 Å². The molecular formula is C19H12F2O. The minimum atomic E-state index is -0.692. The molecule has 1 nitrogen and oxygen atoms in total. The number of fused-ring (bicyclic) bond motifs is 1. The first-order chi connectivity index (χ1) is 10.6. The first-order valence-electron chi connectivity index (χ1n) is 6.80. The van der Waals surface area contributed by atoms with Gasteiger partial charge in [-0.25, -0.2) is 8.78 Å². The molecule has 3 aromatic carbocycles. The predicted molar refractivity (Wildman–Crippen MR) is 83.7 cm³/mol. The summed E-state index contributed by atoms with van der Waals surface area (Å²) < 4.78 is 27.0. The van der Waals surface area contributed by atoms with Crippen LogP contribution in [0.25, 0.3) is 16.8 Å². The molecule has 3 heteroatoms. The molecular weight excluding hydrogens is 282 g/mol. The Morgan fingerprint density at radius 2 is 1.50 bits per heavy atom. The fourth-order valence-corrected chi connectivity index (χ4v) is 2.27. The fraction of sp³-hybridized carbons (Fsp3) is 0. The summed E-state index contributed by atoms with van der Waals surface area (Å²) in [5, 5.41) is 1.97. The number of rotatable bonds is 3. The Morgan fingerprint density at radius 3 is 2.23 bits per heavy atom. The highest BCUT2D eigenvalue weighted by Gasteiger charge is 2.07. The fourth-order valence-electron chi connectivity index (χ4n) is 2.27. The summed E-state index contributed by atoms with van der Waals surface area (Å²) >= 11 is 0. The van der Waals surface area contributed by atoms with Crippen LogP contribution in [0.2, 0.25) is 0 Å². The van der Waals surface area contributed by atoms with Crippen LogP contribution in [0.3, 0.4) is 0 Å². The zero-order valence-corrected chi connectivity index (χ0v) is 11.6. The Bertz CT molecular complexity index is 861. The molecule has 0 heterocycles. The third-order valence-corrected chi connectivity index (χ3v) is 3.44. The Hall–Kier alpha value is -2.81. The Balaban J connectivity index is 1.91. The number of carbonyl (C=O) groups is 1. The largest absolute Gasteiger partial charge is 0.289 e. The summed E-state index contributed by atoms with van der Waals surface area (Å²) in [7, 11) is 0. The average Bonchev–Trinajstić information content (AvgIpc) is 2.53. The van der Waals surface area contributed by atoms with E-state index in [-0.39, 0.29) is 11.3 Å². The van der Waals surface area contributed by atoms with Crippen LogP contribution in [-0.2, 0) is 0 Å². The van der Waals surface area contributed by atoms with Crippen molar-refractivity contribution < 1.29 is 13.6 Å². The van der Waals surface area contributed by atoms with Crippen molar-refractivity contribution in [3.8, 4) is 0 Å². The molecule has 0 atom stereocenters. The Kier molecular flexibility index (Phi) is 3.79. The quantitative estimate of drug-likeness (QED) is 0.490. The van der Waals surface area contributed by atoms with Crippen LogP contribution in [0.5, 0.6) is 0 Å². The topological polar surface area (TPSA) is 17.1 Å². The second kappa shape index (κ2) is 5.90. The van der Waals surface area contributed by atoms with Gasteiger partial charge in [-0.3, -0.25) is 4.79 Å². The highest BCUT2D eigenvalue weighted by Crippen LogP contribution is 2.18. The molecule has 3 rings (SSSR count). The van der Waals surface area contributed by atoms with E-state index in [1.807, 2.05) is 30.3 Å². The van der Waals surface area contributed by atoms with E-state index in [9.17, 15) is 13.6 Å². The lowest BCUT2D eigenvalue weighted by Gasteiger charge is -2.01. The lowest BCUT2D eigenvalue weighted by molar-refractivity contribution is 0.104. The van der Waals surface area contributed by atoms with Crippen LogP contribution in [0.15, 0.2) is 66.7 Å². The molecule has 0 aliphatic rings. The maximum Gasteiger partial charge on any atom is 0.185 e. The molecule has 108 valence electrons. The molecule has 0 radical (unpaired) electrons. The normalized spacial score (nSPS) is 11.2. The number of halogens is 2. The summed E-state index contributed by atoms with van der Waals surface area (Å²) in [5.41, 5.74) is 0.267. The third-order valence-electron chi connectivity index (χ3n) is 3.44. The number of ketones is 1. The van der Waals surface area contributed by atoms with E-state index in [4.69, 9.17) is 0 Å². The van der Waals surface area contributed by atoms with Gasteiger partial charge in [-0.05, 0) is 41.1 Å². The average molecular weight is 294 g/mol. The number of carbonyl (C=O) groups excluding carboxylic acids is 1. The predicted octanol–water partition coefficient (Wildman–Crippen LogP) is 5.01. The van der Waals surface area contributed by atoms with Crippen molar-refractivity contribution in [1.29, 1.82) is 0 Å². The first kappa shape index (κ1) is 14.1. The van der Waals surface area contributed by atoms with Crippen molar-refractivity contribution in [3.63, 3.8) is 0 Å². The van der Waals surface area contributed by atoms with E-state index in [2.05, 4.69) is 0 Å². The number of hydrogen-bond donors (Lipinski definition) is 0. The third kappa shape index (κ3) is 2.79. The molecule has 0 amide bonds. The van der Waals surface area contributed by atoms with Gasteiger partial charge in [-0.1, -0.05) is 42.5 Å². The molecule has 0 spiro atoms. The van der Waals surface area contributed by atoms with Gasteiger partial charge in [0.15, 0.2) is 5.78 Å². The smallest absolute Gasteiger partial charge is 0.185 e. The minimum Gasteiger partial charge on any atom is -0.289 e. The van der Waals surface area contributed by atoms with Crippen molar-refractivity contribution in [2.24, 2.45) is 0 Å². The van der Waals surface area contributed by atoms with E-state index in [0.29, 0.717) is 5.56 Å². The minimum absolute atomic E-state index is 0.211. The summed E-state index contributed by atoms with van der Waals surface area (Å²) in [4.78, 5) is 12.2. The molecule has 0 N–H and O–H groups in total. The van der Waals surface area contributed by atoms with Crippen molar-refractivity contribution in [1.82, 2.24) is 0 Å². The molecule has 0 bridgehead atoms. The van der Waals surface area contributed by atoms with Gasteiger partial charge < -0.3 is 0 Å². The van der Waals surface area contributed by atoms with Crippen molar-refractivity contribution in [2.45, 2.75) is 0 Å². The zero-order valence-electron chi connectivity index (χ0n) is 11.6. The molecule has 0 fully saturated rings. The van der Waals surface area contributed by atoms with E-state index in [1.165, 1.54) is 18.2 Å². The monoisotopic (exact) mass is 294 g/mol. The van der Waals surface area contributed by atoms with Gasteiger partial charge in [0.25, 0.3) is 0 Å². The Labute approximate surface area is 126 Å². The lowest BCUT2D eigenvalue weighted by atomic mass is 10.0. The van der Waals surface area contributed by atoms with Gasteiger partial charge in [-0.2, -0.15) is 0 Å². The van der Waals surface area contributed by atoms with E-state index in [1.54, 1.807) is 12.1 Å². The number of allylic oxidation sites excluding steroid dienone is 1. The molecule has 0 aliphatic carbocycles. The highest BCUT2D eigenvalue weighted by molar-refractivity contribution is 6.08. The van der Waals surface area contributed by atoms with Crippen LogP contribution in [0, 0.1) is 11.6 Å². The Morgan fingerprint density at radius 1 is 0.818 bits per heavy atom. The van der Waals surface area contributed by atoms with Crippen molar-refractivity contribution >= 4 is 22.6 Å². The van der Waals surface area contributed by atoms with Crippen LogP contribution in [0.4, 0.5) is 8.78 Å². The molecule has 0 aliphatic heterocycles. The van der Waals surface area contributed by atoms with Crippen molar-refractivity contribution in [3.05, 3.63) is 89.5 Å². The van der Waals surface area contributed by atoms with Crippen LogP contribution < -0.4 is 0 Å². The second-order valence-electron chi connectivity index (χ2n) is 4.89. The van der Waals surface area contributed by atoms with E-state index < -0.39 is 11.6 Å². The molecule has 0 saturated heterocycles. The second-order valence-corrected chi connectivity index (χ2v) is 4.89. The summed E-state index contributed by atoms with van der Waals surface area (Å²) in [5.74, 6) is -1.68. The molecule has 22 heavy (non-hydrogen) atoms. The summed E-state index contributed by atoms with van der Waals surface area (Å²) in [6.45, 7) is 0. The molecule has 0 unspecified atom stereocenters. The van der Waals surface area contributed by atoms with Gasteiger partial charge in [0.05, 0.1) is 0 Å². The van der Waals surface area contributed by atoms with Gasteiger partial charge in [0.1, 0.15) is 11.6 Å². The number of benzene rings is 3. The standard InChI is InChI=1S/C19H12F2O/c20-17-6-3-7-18(21)16(17)10-11-19(22)15-9-8-13-4-1-2-5-14(13)12-15/h1-12H/b11-10+. The maximum absolute atomic E-state index is 13.5.